The quantitative estimate of drug-likeness (QED) is 0.127. The molecule has 7 nitrogen and oxygen atoms in total. The lowest BCUT2D eigenvalue weighted by Crippen LogP contribution is -2.28. The molecule has 0 radical (unpaired) electrons. The van der Waals surface area contributed by atoms with Gasteiger partial charge in [-0.3, -0.25) is 0 Å². The first-order chi connectivity index (χ1) is 17.8. The molecule has 0 bridgehead atoms. The van der Waals surface area contributed by atoms with E-state index in [9.17, 15) is 26.4 Å². The largest absolute Gasteiger partial charge is 0.534 e. The van der Waals surface area contributed by atoms with Crippen LogP contribution in [0.25, 0.3) is 0 Å². The zero-order valence-electron chi connectivity index (χ0n) is 19.3. The zero-order valence-corrected chi connectivity index (χ0v) is 22.4. The highest BCUT2D eigenvalue weighted by Crippen LogP contribution is 2.34. The Labute approximate surface area is 231 Å². The first-order valence-electron chi connectivity index (χ1n) is 10.6. The van der Waals surface area contributed by atoms with Crippen molar-refractivity contribution in [1.82, 2.24) is 5.43 Å². The number of benzene rings is 3. The van der Waals surface area contributed by atoms with Gasteiger partial charge in [0.2, 0.25) is 0 Å². The molecule has 0 aliphatic carbocycles. The van der Waals surface area contributed by atoms with Gasteiger partial charge in [-0.1, -0.05) is 65.1 Å². The summed E-state index contributed by atoms with van der Waals surface area (Å²) in [6.45, 7) is 1.70. The van der Waals surface area contributed by atoms with Crippen molar-refractivity contribution in [2.45, 2.75) is 18.3 Å². The molecule has 0 aliphatic rings. The number of alkyl halides is 3. The molecule has 0 saturated heterocycles. The maximum atomic E-state index is 12.7. The highest BCUT2D eigenvalue weighted by Gasteiger charge is 2.48. The lowest BCUT2D eigenvalue weighted by molar-refractivity contribution is -0.0500. The van der Waals surface area contributed by atoms with E-state index in [1.165, 1.54) is 24.3 Å². The standard InChI is InChI=1S/C24H18Cl3F3N2O5S/c1-2-36-23(33)32-31-22(16-7-12-19(26)20(27)13-16)21(14-3-8-17(25)9-4-14)15-5-10-18(11-6-15)37-38(34,35)24(28,29)30/h3-13,21H,2H2,1H3,(H,32,33). The number of nitrogens with zero attached hydrogens (tertiary/aromatic N) is 1. The van der Waals surface area contributed by atoms with Crippen molar-refractivity contribution in [3.63, 3.8) is 0 Å². The number of amides is 1. The van der Waals surface area contributed by atoms with Crippen LogP contribution in [0.15, 0.2) is 71.8 Å². The van der Waals surface area contributed by atoms with Crippen LogP contribution in [0.4, 0.5) is 18.0 Å². The van der Waals surface area contributed by atoms with Gasteiger partial charge in [0.05, 0.1) is 28.3 Å². The highest BCUT2D eigenvalue weighted by atomic mass is 35.5. The number of rotatable bonds is 8. The third-order valence-electron chi connectivity index (χ3n) is 4.94. The van der Waals surface area contributed by atoms with Crippen molar-refractivity contribution in [2.24, 2.45) is 5.10 Å². The van der Waals surface area contributed by atoms with E-state index in [0.717, 1.165) is 12.1 Å². The van der Waals surface area contributed by atoms with Crippen LogP contribution < -0.4 is 9.61 Å². The van der Waals surface area contributed by atoms with E-state index in [2.05, 4.69) is 14.7 Å². The van der Waals surface area contributed by atoms with Gasteiger partial charge in [0.15, 0.2) is 0 Å². The van der Waals surface area contributed by atoms with E-state index in [1.807, 2.05) is 0 Å². The van der Waals surface area contributed by atoms with Crippen LogP contribution in [0.5, 0.6) is 5.75 Å². The Bertz CT molecular complexity index is 1430. The average Bonchev–Trinajstić information content (AvgIpc) is 2.84. The van der Waals surface area contributed by atoms with Gasteiger partial charge in [0.25, 0.3) is 0 Å². The number of halogens is 6. The molecule has 0 spiro atoms. The molecule has 14 heteroatoms. The van der Waals surface area contributed by atoms with Gasteiger partial charge in [-0.2, -0.15) is 26.7 Å². The molecule has 0 aliphatic heterocycles. The Morgan fingerprint density at radius 1 is 0.947 bits per heavy atom. The van der Waals surface area contributed by atoms with Crippen LogP contribution in [0.3, 0.4) is 0 Å². The zero-order chi connectivity index (χ0) is 28.1. The van der Waals surface area contributed by atoms with Crippen molar-refractivity contribution < 1.29 is 35.3 Å². The predicted octanol–water partition coefficient (Wildman–Crippen LogP) is 7.16. The number of carbonyl (C=O) groups excluding carboxylic acids is 1. The normalized spacial score (nSPS) is 13.1. The number of ether oxygens (including phenoxy) is 1. The fraction of sp³-hybridized carbons (Fsp3) is 0.167. The van der Waals surface area contributed by atoms with Gasteiger partial charge >= 0.3 is 21.7 Å². The third kappa shape index (κ3) is 7.31. The summed E-state index contributed by atoms with van der Waals surface area (Å²) in [7, 11) is -5.86. The van der Waals surface area contributed by atoms with Crippen LogP contribution in [-0.4, -0.2) is 32.3 Å². The van der Waals surface area contributed by atoms with Gasteiger partial charge in [-0.05, 0) is 54.4 Å². The predicted molar refractivity (Wildman–Crippen MR) is 138 cm³/mol. The summed E-state index contributed by atoms with van der Waals surface area (Å²) in [6.07, 6.45) is -0.832. The SMILES string of the molecule is CCOC(=O)NN=C(c1ccc(Cl)c(Cl)c1)C(c1ccc(Cl)cc1)c1ccc(OS(=O)(=O)C(F)(F)F)cc1. The molecule has 3 aromatic carbocycles. The molecule has 3 aromatic rings. The average molecular weight is 610 g/mol. The Morgan fingerprint density at radius 2 is 1.53 bits per heavy atom. The molecular weight excluding hydrogens is 592 g/mol. The van der Waals surface area contributed by atoms with Gasteiger partial charge in [0.1, 0.15) is 5.75 Å². The second-order valence-corrected chi connectivity index (χ2v) is 10.3. The molecule has 0 heterocycles. The van der Waals surface area contributed by atoms with E-state index < -0.39 is 33.4 Å². The fourth-order valence-corrected chi connectivity index (χ4v) is 4.16. The van der Waals surface area contributed by atoms with Gasteiger partial charge in [0, 0.05) is 10.6 Å². The summed E-state index contributed by atoms with van der Waals surface area (Å²) in [5.41, 5.74) is -1.55. The van der Waals surface area contributed by atoms with E-state index in [-0.39, 0.29) is 22.4 Å². The van der Waals surface area contributed by atoms with Gasteiger partial charge in [-0.25, -0.2) is 10.2 Å². The molecule has 0 saturated carbocycles. The maximum Gasteiger partial charge on any atom is 0.534 e. The van der Waals surface area contributed by atoms with Crippen LogP contribution in [0.2, 0.25) is 15.1 Å². The number of hydrogen-bond donors (Lipinski definition) is 1. The van der Waals surface area contributed by atoms with E-state index in [4.69, 9.17) is 39.5 Å². The third-order valence-corrected chi connectivity index (χ3v) is 6.91. The smallest absolute Gasteiger partial charge is 0.449 e. The summed E-state index contributed by atoms with van der Waals surface area (Å²) in [5.74, 6) is -1.32. The van der Waals surface area contributed by atoms with Crippen LogP contribution >= 0.6 is 34.8 Å². The Kier molecular flexibility index (Phi) is 9.53. The Hall–Kier alpha value is -2.99. The molecule has 0 fully saturated rings. The second-order valence-electron chi connectivity index (χ2n) is 7.50. The molecular formula is C24H18Cl3F3N2O5S. The van der Waals surface area contributed by atoms with E-state index in [1.54, 1.807) is 37.3 Å². The summed E-state index contributed by atoms with van der Waals surface area (Å²) in [6, 6.07) is 16.1. The molecule has 1 atom stereocenters. The number of hydrogen-bond acceptors (Lipinski definition) is 6. The monoisotopic (exact) mass is 608 g/mol. The molecule has 0 aromatic heterocycles. The van der Waals surface area contributed by atoms with E-state index in [0.29, 0.717) is 21.7 Å². The number of carbonyl (C=O) groups is 1. The van der Waals surface area contributed by atoms with Crippen LogP contribution in [0, 0.1) is 0 Å². The van der Waals surface area contributed by atoms with Gasteiger partial charge < -0.3 is 8.92 Å². The van der Waals surface area contributed by atoms with Crippen molar-refractivity contribution >= 4 is 56.7 Å². The lowest BCUT2D eigenvalue weighted by Gasteiger charge is -2.22. The Morgan fingerprint density at radius 3 is 2.05 bits per heavy atom. The van der Waals surface area contributed by atoms with Crippen molar-refractivity contribution in [2.75, 3.05) is 6.61 Å². The molecule has 1 N–H and O–H groups in total. The molecule has 3 rings (SSSR count). The minimum absolute atomic E-state index is 0.0897. The van der Waals surface area contributed by atoms with Crippen molar-refractivity contribution in [3.05, 3.63) is 98.5 Å². The molecule has 202 valence electrons. The van der Waals surface area contributed by atoms with Gasteiger partial charge in [-0.15, -0.1) is 0 Å². The summed E-state index contributed by atoms with van der Waals surface area (Å²) < 4.78 is 70.1. The Balaban J connectivity index is 2.15. The summed E-state index contributed by atoms with van der Waals surface area (Å²) in [4.78, 5) is 12.0. The number of nitrogens with one attached hydrogen (secondary N) is 1. The first-order valence-corrected chi connectivity index (χ1v) is 13.2. The lowest BCUT2D eigenvalue weighted by atomic mass is 9.84. The van der Waals surface area contributed by atoms with Crippen LogP contribution in [0.1, 0.15) is 29.5 Å². The summed E-state index contributed by atoms with van der Waals surface area (Å²) in [5, 5.41) is 5.16. The maximum absolute atomic E-state index is 12.7. The van der Waals surface area contributed by atoms with Crippen molar-refractivity contribution in [1.29, 1.82) is 0 Å². The van der Waals surface area contributed by atoms with Crippen LogP contribution in [-0.2, 0) is 14.9 Å². The topological polar surface area (TPSA) is 94.1 Å². The highest BCUT2D eigenvalue weighted by molar-refractivity contribution is 7.88. The second kappa shape index (κ2) is 12.2. The first kappa shape index (κ1) is 29.6. The molecule has 38 heavy (non-hydrogen) atoms. The molecule has 1 unspecified atom stereocenters. The van der Waals surface area contributed by atoms with Crippen molar-refractivity contribution in [3.8, 4) is 5.75 Å². The summed E-state index contributed by atoms with van der Waals surface area (Å²) >= 11 is 18.3. The fourth-order valence-electron chi connectivity index (χ4n) is 3.27. The minimum Gasteiger partial charge on any atom is -0.449 e. The minimum atomic E-state index is -5.86. The molecule has 1 amide bonds. The number of hydrazone groups is 1. The van der Waals surface area contributed by atoms with E-state index >= 15 is 0 Å².